The average molecular weight is 240 g/mol. The third-order valence-electron chi connectivity index (χ3n) is 3.24. The van der Waals surface area contributed by atoms with Gasteiger partial charge in [-0.2, -0.15) is 0 Å². The first kappa shape index (κ1) is 12.0. The van der Waals surface area contributed by atoms with Gasteiger partial charge >= 0.3 is 0 Å². The number of nitrogens with zero attached hydrogens (tertiary/aromatic N) is 1. The Hall–Kier alpha value is -1.49. The van der Waals surface area contributed by atoms with Crippen LogP contribution in [0, 0.1) is 17.6 Å². The van der Waals surface area contributed by atoms with Crippen LogP contribution >= 0.6 is 0 Å². The Morgan fingerprint density at radius 3 is 2.65 bits per heavy atom. The topological polar surface area (TPSA) is 46.3 Å². The summed E-state index contributed by atoms with van der Waals surface area (Å²) in [5.74, 6) is -2.67. The number of likely N-dealkylation sites (tertiary alicyclic amines) is 1. The van der Waals surface area contributed by atoms with Crippen molar-refractivity contribution in [2.24, 2.45) is 11.7 Å². The highest BCUT2D eigenvalue weighted by molar-refractivity contribution is 5.78. The van der Waals surface area contributed by atoms with Crippen LogP contribution in [-0.2, 0) is 4.79 Å². The smallest absolute Gasteiger partial charge is 0.222 e. The quantitative estimate of drug-likeness (QED) is 0.841. The van der Waals surface area contributed by atoms with E-state index in [2.05, 4.69) is 0 Å². The molecule has 2 atom stereocenters. The fourth-order valence-corrected chi connectivity index (χ4v) is 2.37. The number of likely N-dealkylation sites (N-methyl/N-ethyl adjacent to an activating group) is 1. The van der Waals surface area contributed by atoms with Crippen LogP contribution in [0.2, 0.25) is 0 Å². The van der Waals surface area contributed by atoms with Gasteiger partial charge in [0, 0.05) is 19.0 Å². The second-order valence-electron chi connectivity index (χ2n) is 4.51. The first-order valence-corrected chi connectivity index (χ1v) is 5.42. The molecule has 5 heteroatoms. The maximum Gasteiger partial charge on any atom is 0.222 e. The molecule has 1 aliphatic rings. The molecular weight excluding hydrogens is 226 g/mol. The third kappa shape index (κ3) is 2.29. The van der Waals surface area contributed by atoms with Crippen molar-refractivity contribution in [1.82, 2.24) is 4.90 Å². The zero-order valence-electron chi connectivity index (χ0n) is 9.49. The normalized spacial score (nSPS) is 25.1. The minimum Gasteiger partial charge on any atom is -0.369 e. The summed E-state index contributed by atoms with van der Waals surface area (Å²) < 4.78 is 26.0. The van der Waals surface area contributed by atoms with Gasteiger partial charge in [-0.3, -0.25) is 4.79 Å². The lowest BCUT2D eigenvalue weighted by atomic mass is 9.88. The maximum atomic E-state index is 13.2. The molecule has 1 amide bonds. The van der Waals surface area contributed by atoms with E-state index in [1.807, 2.05) is 11.9 Å². The Bertz CT molecular complexity index is 450. The lowest BCUT2D eigenvalue weighted by Gasteiger charge is -2.15. The van der Waals surface area contributed by atoms with Gasteiger partial charge in [0.2, 0.25) is 5.91 Å². The van der Waals surface area contributed by atoms with Crippen molar-refractivity contribution in [3.8, 4) is 0 Å². The molecule has 1 fully saturated rings. The number of carbonyl (C=O) groups is 1. The zero-order valence-corrected chi connectivity index (χ0v) is 9.49. The number of carbonyl (C=O) groups excluding carboxylic acids is 1. The fourth-order valence-electron chi connectivity index (χ4n) is 2.37. The van der Waals surface area contributed by atoms with Crippen LogP contribution in [0.1, 0.15) is 11.5 Å². The van der Waals surface area contributed by atoms with Crippen molar-refractivity contribution in [2.45, 2.75) is 5.92 Å². The summed E-state index contributed by atoms with van der Waals surface area (Å²) in [6.45, 7) is 1.18. The molecule has 1 saturated heterocycles. The number of hydrogen-bond acceptors (Lipinski definition) is 2. The highest BCUT2D eigenvalue weighted by Crippen LogP contribution is 2.32. The number of benzene rings is 1. The Labute approximate surface area is 98.2 Å². The molecule has 0 saturated carbocycles. The molecule has 2 rings (SSSR count). The fraction of sp³-hybridized carbons (Fsp3) is 0.417. The van der Waals surface area contributed by atoms with E-state index in [4.69, 9.17) is 5.73 Å². The Balaban J connectivity index is 2.31. The molecule has 2 N–H and O–H groups in total. The Morgan fingerprint density at radius 2 is 2.06 bits per heavy atom. The molecule has 1 aliphatic heterocycles. The van der Waals surface area contributed by atoms with Crippen molar-refractivity contribution in [1.29, 1.82) is 0 Å². The van der Waals surface area contributed by atoms with Gasteiger partial charge in [0.25, 0.3) is 0 Å². The van der Waals surface area contributed by atoms with Gasteiger partial charge in [0.15, 0.2) is 11.6 Å². The molecule has 2 unspecified atom stereocenters. The number of halogens is 2. The standard InChI is InChI=1S/C12H14F2N2O/c1-16-5-8(9(6-16)12(15)17)7-2-3-10(13)11(14)4-7/h2-4,8-9H,5-6H2,1H3,(H2,15,17). The summed E-state index contributed by atoms with van der Waals surface area (Å²) in [7, 11) is 1.87. The highest BCUT2D eigenvalue weighted by atomic mass is 19.2. The highest BCUT2D eigenvalue weighted by Gasteiger charge is 2.35. The lowest BCUT2D eigenvalue weighted by Crippen LogP contribution is -2.28. The van der Waals surface area contributed by atoms with Gasteiger partial charge in [-0.1, -0.05) is 6.07 Å². The number of primary amides is 1. The summed E-state index contributed by atoms with van der Waals surface area (Å²) >= 11 is 0. The number of amides is 1. The van der Waals surface area contributed by atoms with Gasteiger partial charge in [-0.25, -0.2) is 8.78 Å². The van der Waals surface area contributed by atoms with E-state index in [1.54, 1.807) is 0 Å². The van der Waals surface area contributed by atoms with Crippen molar-refractivity contribution in [2.75, 3.05) is 20.1 Å². The number of rotatable bonds is 2. The largest absolute Gasteiger partial charge is 0.369 e. The van der Waals surface area contributed by atoms with E-state index in [1.165, 1.54) is 6.07 Å². The van der Waals surface area contributed by atoms with Gasteiger partial charge < -0.3 is 10.6 Å². The van der Waals surface area contributed by atoms with Gasteiger partial charge in [0.1, 0.15) is 0 Å². The molecule has 0 spiro atoms. The van der Waals surface area contributed by atoms with Crippen LogP contribution in [0.4, 0.5) is 8.78 Å². The zero-order chi connectivity index (χ0) is 12.6. The molecule has 92 valence electrons. The number of nitrogens with two attached hydrogens (primary N) is 1. The molecule has 0 radical (unpaired) electrons. The summed E-state index contributed by atoms with van der Waals surface area (Å²) in [4.78, 5) is 13.3. The summed E-state index contributed by atoms with van der Waals surface area (Å²) in [5, 5.41) is 0. The number of hydrogen-bond donors (Lipinski definition) is 1. The molecule has 17 heavy (non-hydrogen) atoms. The summed E-state index contributed by atoms with van der Waals surface area (Å²) in [6.07, 6.45) is 0. The van der Waals surface area contributed by atoms with Crippen LogP contribution < -0.4 is 5.73 Å². The van der Waals surface area contributed by atoms with Crippen molar-refractivity contribution in [3.63, 3.8) is 0 Å². The minimum atomic E-state index is -0.889. The van der Waals surface area contributed by atoms with Crippen LogP contribution in [0.5, 0.6) is 0 Å². The van der Waals surface area contributed by atoms with Crippen LogP contribution in [-0.4, -0.2) is 30.9 Å². The van der Waals surface area contributed by atoms with E-state index >= 15 is 0 Å². The minimum absolute atomic E-state index is 0.160. The molecular formula is C12H14F2N2O. The molecule has 1 aromatic carbocycles. The van der Waals surface area contributed by atoms with Crippen molar-refractivity contribution >= 4 is 5.91 Å². The average Bonchev–Trinajstić information content (AvgIpc) is 2.64. The maximum absolute atomic E-state index is 13.2. The van der Waals surface area contributed by atoms with E-state index in [9.17, 15) is 13.6 Å². The van der Waals surface area contributed by atoms with E-state index in [0.29, 0.717) is 18.7 Å². The van der Waals surface area contributed by atoms with Gasteiger partial charge in [0.05, 0.1) is 5.92 Å². The first-order valence-electron chi connectivity index (χ1n) is 5.42. The molecule has 3 nitrogen and oxygen atoms in total. The third-order valence-corrected chi connectivity index (χ3v) is 3.24. The predicted octanol–water partition coefficient (Wildman–Crippen LogP) is 1.10. The molecule has 0 aliphatic carbocycles. The summed E-state index contributed by atoms with van der Waals surface area (Å²) in [6, 6.07) is 3.74. The van der Waals surface area contributed by atoms with Crippen molar-refractivity contribution in [3.05, 3.63) is 35.4 Å². The predicted molar refractivity (Wildman–Crippen MR) is 59.3 cm³/mol. The Morgan fingerprint density at radius 1 is 1.35 bits per heavy atom. The van der Waals surface area contributed by atoms with E-state index in [-0.39, 0.29) is 11.8 Å². The molecule has 1 heterocycles. The molecule has 0 bridgehead atoms. The molecule has 1 aromatic rings. The van der Waals surface area contributed by atoms with Crippen LogP contribution in [0.3, 0.4) is 0 Å². The van der Waals surface area contributed by atoms with Gasteiger partial charge in [-0.05, 0) is 24.7 Å². The Kier molecular flexibility index (Phi) is 3.11. The van der Waals surface area contributed by atoms with E-state index in [0.717, 1.165) is 12.1 Å². The SMILES string of the molecule is CN1CC(C(N)=O)C(c2ccc(F)c(F)c2)C1. The monoisotopic (exact) mass is 240 g/mol. The second kappa shape index (κ2) is 4.41. The van der Waals surface area contributed by atoms with Crippen LogP contribution in [0.15, 0.2) is 18.2 Å². The molecule has 0 aromatic heterocycles. The van der Waals surface area contributed by atoms with Crippen molar-refractivity contribution < 1.29 is 13.6 Å². The summed E-state index contributed by atoms with van der Waals surface area (Å²) in [5.41, 5.74) is 5.94. The first-order chi connectivity index (χ1) is 7.99. The lowest BCUT2D eigenvalue weighted by molar-refractivity contribution is -0.121. The van der Waals surface area contributed by atoms with Gasteiger partial charge in [-0.15, -0.1) is 0 Å². The van der Waals surface area contributed by atoms with Crippen LogP contribution in [0.25, 0.3) is 0 Å². The van der Waals surface area contributed by atoms with E-state index < -0.39 is 17.5 Å². The second-order valence-corrected chi connectivity index (χ2v) is 4.51.